The smallest absolute Gasteiger partial charge is 0.232 e. The van der Waals surface area contributed by atoms with Gasteiger partial charge in [-0.05, 0) is 50.1 Å². The van der Waals surface area contributed by atoms with E-state index < -0.39 is 0 Å². The molecule has 7 heteroatoms. The summed E-state index contributed by atoms with van der Waals surface area (Å²) < 4.78 is 16.2. The van der Waals surface area contributed by atoms with Gasteiger partial charge in [0, 0.05) is 24.2 Å². The van der Waals surface area contributed by atoms with E-state index in [2.05, 4.69) is 29.2 Å². The molecule has 4 rings (SSSR count). The molecule has 1 aliphatic heterocycles. The number of benzene rings is 2. The molecule has 3 aromatic rings. The number of aryl methyl sites for hydroxylation is 3. The SMILES string of the molecule is COc1ccc(-c2noc(C3CC(=O)N(c4c(C)cc(C)cc4C)C3)n2)cc1OC. The summed E-state index contributed by atoms with van der Waals surface area (Å²) in [6.07, 6.45) is 0.348. The third-order valence-corrected chi connectivity index (χ3v) is 5.46. The van der Waals surface area contributed by atoms with E-state index in [1.54, 1.807) is 26.4 Å². The van der Waals surface area contributed by atoms with E-state index in [1.807, 2.05) is 24.8 Å². The molecule has 1 unspecified atom stereocenters. The van der Waals surface area contributed by atoms with Crippen LogP contribution in [0.3, 0.4) is 0 Å². The highest BCUT2D eigenvalue weighted by molar-refractivity contribution is 5.97. The highest BCUT2D eigenvalue weighted by Gasteiger charge is 2.36. The minimum absolute atomic E-state index is 0.0703. The van der Waals surface area contributed by atoms with Crippen LogP contribution in [-0.4, -0.2) is 36.8 Å². The van der Waals surface area contributed by atoms with Crippen molar-refractivity contribution in [2.45, 2.75) is 33.1 Å². The summed E-state index contributed by atoms with van der Waals surface area (Å²) in [4.78, 5) is 19.2. The number of aromatic nitrogens is 2. The lowest BCUT2D eigenvalue weighted by Crippen LogP contribution is -2.26. The molecule has 7 nitrogen and oxygen atoms in total. The normalized spacial score (nSPS) is 16.2. The minimum atomic E-state index is -0.140. The molecule has 0 radical (unpaired) electrons. The van der Waals surface area contributed by atoms with Crippen molar-refractivity contribution < 1.29 is 18.8 Å². The van der Waals surface area contributed by atoms with Crippen molar-refractivity contribution in [1.29, 1.82) is 0 Å². The number of ether oxygens (including phenoxy) is 2. The maximum atomic E-state index is 12.8. The largest absolute Gasteiger partial charge is 0.493 e. The summed E-state index contributed by atoms with van der Waals surface area (Å²) in [5, 5.41) is 4.12. The number of amides is 1. The van der Waals surface area contributed by atoms with Gasteiger partial charge in [-0.1, -0.05) is 22.9 Å². The van der Waals surface area contributed by atoms with Gasteiger partial charge in [0.05, 0.1) is 20.1 Å². The van der Waals surface area contributed by atoms with Gasteiger partial charge >= 0.3 is 0 Å². The molecule has 0 bridgehead atoms. The Morgan fingerprint density at radius 3 is 2.40 bits per heavy atom. The number of rotatable bonds is 5. The van der Waals surface area contributed by atoms with Gasteiger partial charge in [-0.15, -0.1) is 0 Å². The molecule has 1 amide bonds. The van der Waals surface area contributed by atoms with Crippen molar-refractivity contribution >= 4 is 11.6 Å². The van der Waals surface area contributed by atoms with Crippen molar-refractivity contribution in [3.05, 3.63) is 52.9 Å². The number of nitrogens with zero attached hydrogens (tertiary/aromatic N) is 3. The zero-order chi connectivity index (χ0) is 21.4. The number of anilines is 1. The van der Waals surface area contributed by atoms with E-state index in [4.69, 9.17) is 14.0 Å². The van der Waals surface area contributed by atoms with Crippen molar-refractivity contribution in [1.82, 2.24) is 10.1 Å². The first-order valence-electron chi connectivity index (χ1n) is 9.85. The van der Waals surface area contributed by atoms with E-state index in [9.17, 15) is 4.79 Å². The highest BCUT2D eigenvalue weighted by Crippen LogP contribution is 2.36. The first-order valence-corrected chi connectivity index (χ1v) is 9.85. The van der Waals surface area contributed by atoms with Gasteiger partial charge in [-0.3, -0.25) is 4.79 Å². The molecule has 1 atom stereocenters. The monoisotopic (exact) mass is 407 g/mol. The molecule has 0 N–H and O–H groups in total. The lowest BCUT2D eigenvalue weighted by molar-refractivity contribution is -0.117. The average Bonchev–Trinajstić information content (AvgIpc) is 3.34. The van der Waals surface area contributed by atoms with Crippen LogP contribution in [0.15, 0.2) is 34.9 Å². The predicted octanol–water partition coefficient (Wildman–Crippen LogP) is 4.20. The summed E-state index contributed by atoms with van der Waals surface area (Å²) >= 11 is 0. The number of carbonyl (C=O) groups excluding carboxylic acids is 1. The Morgan fingerprint density at radius 2 is 1.73 bits per heavy atom. The van der Waals surface area contributed by atoms with Crippen LogP contribution in [0.25, 0.3) is 11.4 Å². The molecule has 1 fully saturated rings. The number of methoxy groups -OCH3 is 2. The van der Waals surface area contributed by atoms with Gasteiger partial charge < -0.3 is 18.9 Å². The number of hydrogen-bond acceptors (Lipinski definition) is 6. The molecule has 2 heterocycles. The fourth-order valence-electron chi connectivity index (χ4n) is 4.18. The molecule has 1 aromatic heterocycles. The molecule has 0 saturated carbocycles. The standard InChI is InChI=1S/C23H25N3O4/c1-13-8-14(2)21(15(3)9-13)26-12-17(11-20(26)27)23-24-22(25-30-23)16-6-7-18(28-4)19(10-16)29-5/h6-10,17H,11-12H2,1-5H3. The average molecular weight is 407 g/mol. The highest BCUT2D eigenvalue weighted by atomic mass is 16.5. The van der Waals surface area contributed by atoms with E-state index >= 15 is 0 Å². The third-order valence-electron chi connectivity index (χ3n) is 5.46. The van der Waals surface area contributed by atoms with Gasteiger partial charge in [0.1, 0.15) is 0 Å². The van der Waals surface area contributed by atoms with Gasteiger partial charge in [0.15, 0.2) is 11.5 Å². The van der Waals surface area contributed by atoms with Crippen LogP contribution in [0, 0.1) is 20.8 Å². The molecule has 156 valence electrons. The molecule has 0 spiro atoms. The second kappa shape index (κ2) is 7.82. The van der Waals surface area contributed by atoms with Gasteiger partial charge in [-0.25, -0.2) is 0 Å². The van der Waals surface area contributed by atoms with Crippen LogP contribution in [-0.2, 0) is 4.79 Å². The van der Waals surface area contributed by atoms with Crippen molar-refractivity contribution in [2.24, 2.45) is 0 Å². The Morgan fingerprint density at radius 1 is 1.03 bits per heavy atom. The summed E-state index contributed by atoms with van der Waals surface area (Å²) in [5.41, 5.74) is 5.12. The van der Waals surface area contributed by atoms with Gasteiger partial charge in [0.2, 0.25) is 17.6 Å². The van der Waals surface area contributed by atoms with Crippen LogP contribution in [0.5, 0.6) is 11.5 Å². The second-order valence-corrected chi connectivity index (χ2v) is 7.68. The maximum Gasteiger partial charge on any atom is 0.232 e. The van der Waals surface area contributed by atoms with Crippen LogP contribution in [0.2, 0.25) is 0 Å². The van der Waals surface area contributed by atoms with E-state index in [-0.39, 0.29) is 11.8 Å². The topological polar surface area (TPSA) is 77.7 Å². The van der Waals surface area contributed by atoms with Crippen LogP contribution < -0.4 is 14.4 Å². The van der Waals surface area contributed by atoms with Crippen molar-refractivity contribution in [3.8, 4) is 22.9 Å². The molecule has 30 heavy (non-hydrogen) atoms. The molecule has 1 saturated heterocycles. The third kappa shape index (κ3) is 3.51. The van der Waals surface area contributed by atoms with Crippen LogP contribution in [0.1, 0.15) is 34.9 Å². The van der Waals surface area contributed by atoms with Crippen LogP contribution in [0.4, 0.5) is 5.69 Å². The zero-order valence-electron chi connectivity index (χ0n) is 17.9. The maximum absolute atomic E-state index is 12.8. The lowest BCUT2D eigenvalue weighted by atomic mass is 10.0. The number of carbonyl (C=O) groups is 1. The van der Waals surface area contributed by atoms with Crippen molar-refractivity contribution in [3.63, 3.8) is 0 Å². The summed E-state index contributed by atoms with van der Waals surface area (Å²) in [7, 11) is 3.17. The fourth-order valence-corrected chi connectivity index (χ4v) is 4.18. The quantitative estimate of drug-likeness (QED) is 0.631. The molecule has 1 aliphatic rings. The first-order chi connectivity index (χ1) is 14.4. The number of hydrogen-bond donors (Lipinski definition) is 0. The predicted molar refractivity (Wildman–Crippen MR) is 113 cm³/mol. The van der Waals surface area contributed by atoms with Gasteiger partial charge in [-0.2, -0.15) is 4.98 Å². The Labute approximate surface area is 175 Å². The summed E-state index contributed by atoms with van der Waals surface area (Å²) in [6, 6.07) is 9.66. The first kappa shape index (κ1) is 19.9. The van der Waals surface area contributed by atoms with Gasteiger partial charge in [0.25, 0.3) is 0 Å². The Bertz CT molecular complexity index is 1080. The molecule has 0 aliphatic carbocycles. The molecule has 2 aromatic carbocycles. The Balaban J connectivity index is 1.59. The van der Waals surface area contributed by atoms with E-state index in [1.165, 1.54) is 5.56 Å². The van der Waals surface area contributed by atoms with Crippen molar-refractivity contribution in [2.75, 3.05) is 25.7 Å². The second-order valence-electron chi connectivity index (χ2n) is 7.68. The molecular weight excluding hydrogens is 382 g/mol. The lowest BCUT2D eigenvalue weighted by Gasteiger charge is -2.21. The zero-order valence-corrected chi connectivity index (χ0v) is 17.9. The van der Waals surface area contributed by atoms with E-state index in [0.717, 1.165) is 22.4 Å². The van der Waals surface area contributed by atoms with E-state index in [0.29, 0.717) is 36.2 Å². The minimum Gasteiger partial charge on any atom is -0.493 e. The van der Waals surface area contributed by atoms with Crippen LogP contribution >= 0.6 is 0 Å². The Kier molecular flexibility index (Phi) is 5.20. The summed E-state index contributed by atoms with van der Waals surface area (Å²) in [5.74, 6) is 2.08. The Hall–Kier alpha value is -3.35. The molecular formula is C23H25N3O4. The summed E-state index contributed by atoms with van der Waals surface area (Å²) in [6.45, 7) is 6.67. The fraction of sp³-hybridized carbons (Fsp3) is 0.348.